The number of cyclic esters (lactones) is 1. The second-order valence-corrected chi connectivity index (χ2v) is 4.77. The van der Waals surface area contributed by atoms with Gasteiger partial charge in [0.25, 0.3) is 5.69 Å². The lowest BCUT2D eigenvalue weighted by Crippen LogP contribution is -2.32. The van der Waals surface area contributed by atoms with Crippen molar-refractivity contribution in [1.29, 1.82) is 0 Å². The van der Waals surface area contributed by atoms with Gasteiger partial charge in [0.05, 0.1) is 18.1 Å². The number of nitrogens with zero attached hydrogens (tertiary/aromatic N) is 3. The summed E-state index contributed by atoms with van der Waals surface area (Å²) >= 11 is 0. The van der Waals surface area contributed by atoms with Gasteiger partial charge in [0.15, 0.2) is 5.70 Å². The molecule has 0 amide bonds. The van der Waals surface area contributed by atoms with Crippen molar-refractivity contribution in [3.63, 3.8) is 0 Å². The van der Waals surface area contributed by atoms with Crippen molar-refractivity contribution in [2.24, 2.45) is 4.99 Å². The summed E-state index contributed by atoms with van der Waals surface area (Å²) in [4.78, 5) is 28.1. The molecule has 0 aromatic heterocycles. The quantitative estimate of drug-likeness (QED) is 0.359. The van der Waals surface area contributed by atoms with Gasteiger partial charge in [0.1, 0.15) is 0 Å². The zero-order valence-electron chi connectivity index (χ0n) is 11.6. The monoisotopic (exact) mass is 303 g/mol. The number of hydrogen-bond acceptors (Lipinski definition) is 7. The van der Waals surface area contributed by atoms with Crippen molar-refractivity contribution in [2.75, 3.05) is 26.3 Å². The molecule has 22 heavy (non-hydrogen) atoms. The first kappa shape index (κ1) is 14.2. The third-order valence-electron chi connectivity index (χ3n) is 3.30. The van der Waals surface area contributed by atoms with Crippen LogP contribution in [0.4, 0.5) is 5.69 Å². The van der Waals surface area contributed by atoms with E-state index in [0.717, 1.165) is 0 Å². The Bertz CT molecular complexity index is 660. The number of aliphatic imine (C=N–C) groups is 1. The minimum Gasteiger partial charge on any atom is -0.402 e. The average molecular weight is 303 g/mol. The van der Waals surface area contributed by atoms with E-state index in [1.54, 1.807) is 6.20 Å². The van der Waals surface area contributed by atoms with Crippen LogP contribution in [0.2, 0.25) is 0 Å². The Balaban J connectivity index is 1.79. The molecule has 1 aromatic carbocycles. The van der Waals surface area contributed by atoms with Crippen LogP contribution in [-0.4, -0.2) is 48.0 Å². The van der Waals surface area contributed by atoms with E-state index in [2.05, 4.69) is 4.99 Å². The SMILES string of the molecule is O=C1OC(c2ccc([N+](=O)[O-])cc2)=NC1=CN1CCOCC1. The zero-order valence-corrected chi connectivity index (χ0v) is 11.6. The number of ether oxygens (including phenoxy) is 2. The average Bonchev–Trinajstić information content (AvgIpc) is 2.89. The number of non-ortho nitro benzene ring substituents is 1. The second-order valence-electron chi connectivity index (χ2n) is 4.77. The lowest BCUT2D eigenvalue weighted by atomic mass is 10.2. The molecular weight excluding hydrogens is 290 g/mol. The standard InChI is InChI=1S/C14H13N3O5/c18-14-12(9-16-5-7-21-8-6-16)15-13(22-14)10-1-3-11(4-2-10)17(19)20/h1-4,9H,5-8H2. The Kier molecular flexibility index (Phi) is 3.84. The number of morpholine rings is 1. The first-order valence-electron chi connectivity index (χ1n) is 6.73. The minimum atomic E-state index is -0.528. The van der Waals surface area contributed by atoms with Crippen molar-refractivity contribution in [3.8, 4) is 0 Å². The largest absolute Gasteiger partial charge is 0.402 e. The highest BCUT2D eigenvalue weighted by atomic mass is 16.6. The summed E-state index contributed by atoms with van der Waals surface area (Å²) in [6, 6.07) is 5.69. The van der Waals surface area contributed by atoms with Crippen molar-refractivity contribution < 1.29 is 19.2 Å². The smallest absolute Gasteiger partial charge is 0.365 e. The number of hydrogen-bond donors (Lipinski definition) is 0. The van der Waals surface area contributed by atoms with Crippen molar-refractivity contribution in [2.45, 2.75) is 0 Å². The lowest BCUT2D eigenvalue weighted by Gasteiger charge is -2.24. The molecule has 2 heterocycles. The minimum absolute atomic E-state index is 0.0299. The van der Waals surface area contributed by atoms with E-state index in [-0.39, 0.29) is 17.3 Å². The normalized spacial score (nSPS) is 20.0. The number of rotatable bonds is 3. The van der Waals surface area contributed by atoms with Crippen LogP contribution in [0, 0.1) is 10.1 Å². The summed E-state index contributed by atoms with van der Waals surface area (Å²) in [5.41, 5.74) is 0.706. The van der Waals surface area contributed by atoms with Crippen LogP contribution < -0.4 is 0 Å². The summed E-state index contributed by atoms with van der Waals surface area (Å²) in [5, 5.41) is 10.6. The van der Waals surface area contributed by atoms with Crippen LogP contribution in [-0.2, 0) is 14.3 Å². The van der Waals surface area contributed by atoms with Gasteiger partial charge >= 0.3 is 5.97 Å². The maximum atomic E-state index is 11.8. The highest BCUT2D eigenvalue weighted by Gasteiger charge is 2.25. The lowest BCUT2D eigenvalue weighted by molar-refractivity contribution is -0.384. The summed E-state index contributed by atoms with van der Waals surface area (Å²) in [6.07, 6.45) is 1.66. The molecular formula is C14H13N3O5. The number of nitro benzene ring substituents is 1. The third kappa shape index (κ3) is 2.96. The molecule has 0 atom stereocenters. The van der Waals surface area contributed by atoms with Gasteiger partial charge in [0.2, 0.25) is 5.90 Å². The number of nitro groups is 1. The first-order chi connectivity index (χ1) is 10.6. The molecule has 0 saturated carbocycles. The molecule has 1 saturated heterocycles. The summed E-state index contributed by atoms with van der Waals surface area (Å²) in [6.45, 7) is 2.60. The van der Waals surface area contributed by atoms with Crippen LogP contribution in [0.15, 0.2) is 41.2 Å². The van der Waals surface area contributed by atoms with Gasteiger partial charge in [-0.15, -0.1) is 0 Å². The number of carbonyl (C=O) groups excluding carboxylic acids is 1. The third-order valence-corrected chi connectivity index (χ3v) is 3.30. The Labute approximate surface area is 125 Å². The fourth-order valence-electron chi connectivity index (χ4n) is 2.13. The van der Waals surface area contributed by atoms with Gasteiger partial charge in [-0.1, -0.05) is 0 Å². The van der Waals surface area contributed by atoms with Crippen molar-refractivity contribution in [3.05, 3.63) is 51.8 Å². The van der Waals surface area contributed by atoms with E-state index < -0.39 is 10.9 Å². The predicted molar refractivity (Wildman–Crippen MR) is 76.2 cm³/mol. The molecule has 0 spiro atoms. The van der Waals surface area contributed by atoms with E-state index in [1.807, 2.05) is 4.90 Å². The molecule has 1 fully saturated rings. The molecule has 0 unspecified atom stereocenters. The number of benzene rings is 1. The van der Waals surface area contributed by atoms with Gasteiger partial charge in [-0.3, -0.25) is 10.1 Å². The Morgan fingerprint density at radius 3 is 2.55 bits per heavy atom. The van der Waals surface area contributed by atoms with Crippen molar-refractivity contribution >= 4 is 17.6 Å². The van der Waals surface area contributed by atoms with Gasteiger partial charge in [-0.25, -0.2) is 9.79 Å². The maximum Gasteiger partial charge on any atom is 0.365 e. The molecule has 114 valence electrons. The van der Waals surface area contributed by atoms with E-state index in [9.17, 15) is 14.9 Å². The molecule has 0 radical (unpaired) electrons. The fourth-order valence-corrected chi connectivity index (χ4v) is 2.13. The van der Waals surface area contributed by atoms with E-state index >= 15 is 0 Å². The zero-order chi connectivity index (χ0) is 15.5. The Hall–Kier alpha value is -2.74. The Morgan fingerprint density at radius 1 is 1.23 bits per heavy atom. The number of esters is 1. The maximum absolute atomic E-state index is 11.8. The summed E-state index contributed by atoms with van der Waals surface area (Å²) < 4.78 is 10.4. The predicted octanol–water partition coefficient (Wildman–Crippen LogP) is 1.07. The Morgan fingerprint density at radius 2 is 1.91 bits per heavy atom. The van der Waals surface area contributed by atoms with E-state index in [1.165, 1.54) is 24.3 Å². The second kappa shape index (κ2) is 5.94. The van der Waals surface area contributed by atoms with Crippen LogP contribution in [0.5, 0.6) is 0 Å². The first-order valence-corrected chi connectivity index (χ1v) is 6.73. The molecule has 2 aliphatic rings. The van der Waals surface area contributed by atoms with E-state index in [0.29, 0.717) is 31.9 Å². The topological polar surface area (TPSA) is 94.3 Å². The molecule has 2 aliphatic heterocycles. The highest BCUT2D eigenvalue weighted by molar-refractivity contribution is 6.11. The van der Waals surface area contributed by atoms with Crippen molar-refractivity contribution in [1.82, 2.24) is 4.90 Å². The molecule has 8 heteroatoms. The summed E-state index contributed by atoms with van der Waals surface area (Å²) in [7, 11) is 0. The molecule has 1 aromatic rings. The molecule has 0 N–H and O–H groups in total. The number of carbonyl (C=O) groups is 1. The van der Waals surface area contributed by atoms with Crippen LogP contribution >= 0.6 is 0 Å². The fraction of sp³-hybridized carbons (Fsp3) is 0.286. The van der Waals surface area contributed by atoms with Gasteiger partial charge in [0, 0.05) is 37.0 Å². The van der Waals surface area contributed by atoms with Gasteiger partial charge in [-0.05, 0) is 12.1 Å². The molecule has 0 aliphatic carbocycles. The van der Waals surface area contributed by atoms with E-state index in [4.69, 9.17) is 9.47 Å². The van der Waals surface area contributed by atoms with Crippen LogP contribution in [0.3, 0.4) is 0 Å². The molecule has 0 bridgehead atoms. The van der Waals surface area contributed by atoms with Crippen LogP contribution in [0.1, 0.15) is 5.56 Å². The van der Waals surface area contributed by atoms with Gasteiger partial charge < -0.3 is 14.4 Å². The molecule has 8 nitrogen and oxygen atoms in total. The summed E-state index contributed by atoms with van der Waals surface area (Å²) in [5.74, 6) is -0.376. The molecule has 3 rings (SSSR count). The highest BCUT2D eigenvalue weighted by Crippen LogP contribution is 2.19. The van der Waals surface area contributed by atoms with Gasteiger partial charge in [-0.2, -0.15) is 0 Å². The van der Waals surface area contributed by atoms with Crippen LogP contribution in [0.25, 0.3) is 0 Å².